The largest absolute Gasteiger partial charge is 0.458 e. The molecule has 124 valence electrons. The first-order valence-corrected chi connectivity index (χ1v) is 7.28. The number of unbranched alkanes of at least 4 members (excludes halogenated alkanes) is 1. The zero-order chi connectivity index (χ0) is 16.7. The van der Waals surface area contributed by atoms with E-state index >= 15 is 0 Å². The Morgan fingerprint density at radius 1 is 1.00 bits per heavy atom. The molecule has 0 aliphatic rings. The minimum absolute atomic E-state index is 0.310. The van der Waals surface area contributed by atoms with Gasteiger partial charge in [0.25, 0.3) is 0 Å². The molecular weight excluding hydrogens is 274 g/mol. The molecule has 1 amide bonds. The highest BCUT2D eigenvalue weighted by Gasteiger charge is 2.22. The average molecular weight is 303 g/mol. The molecule has 0 spiro atoms. The number of carbonyl (C=O) groups excluding carboxylic acids is 2. The lowest BCUT2D eigenvalue weighted by Crippen LogP contribution is -2.33. The molecule has 0 aromatic heterocycles. The summed E-state index contributed by atoms with van der Waals surface area (Å²) >= 11 is 0. The maximum absolute atomic E-state index is 11.5. The number of alkyl carbamates (subject to hydrolysis) is 1. The summed E-state index contributed by atoms with van der Waals surface area (Å²) in [6, 6.07) is 0. The fraction of sp³-hybridized carbons (Fsp3) is 0.867. The summed E-state index contributed by atoms with van der Waals surface area (Å²) in [4.78, 5) is 22.9. The van der Waals surface area contributed by atoms with E-state index in [1.54, 1.807) is 41.5 Å². The van der Waals surface area contributed by atoms with Crippen LogP contribution in [0.25, 0.3) is 0 Å². The Bertz CT molecular complexity index is 341. The van der Waals surface area contributed by atoms with Gasteiger partial charge < -0.3 is 19.9 Å². The van der Waals surface area contributed by atoms with Crippen LogP contribution in [-0.2, 0) is 14.3 Å². The van der Waals surface area contributed by atoms with Crippen molar-refractivity contribution in [3.05, 3.63) is 0 Å². The quantitative estimate of drug-likeness (QED) is 0.581. The van der Waals surface area contributed by atoms with Crippen molar-refractivity contribution in [2.24, 2.45) is 0 Å². The van der Waals surface area contributed by atoms with Crippen LogP contribution in [0.5, 0.6) is 0 Å². The Morgan fingerprint density at radius 2 is 1.52 bits per heavy atom. The zero-order valence-electron chi connectivity index (χ0n) is 14.0. The molecule has 0 aliphatic carbocycles. The molecule has 6 heteroatoms. The van der Waals surface area contributed by atoms with E-state index in [4.69, 9.17) is 9.47 Å². The molecule has 6 nitrogen and oxygen atoms in total. The van der Waals surface area contributed by atoms with Gasteiger partial charge in [-0.25, -0.2) is 9.59 Å². The number of hydrogen-bond acceptors (Lipinski definition) is 5. The van der Waals surface area contributed by atoms with Crippen LogP contribution in [0.4, 0.5) is 4.79 Å². The van der Waals surface area contributed by atoms with Crippen molar-refractivity contribution in [2.75, 3.05) is 6.54 Å². The smallest absolute Gasteiger partial charge is 0.407 e. The van der Waals surface area contributed by atoms with Crippen molar-refractivity contribution in [3.8, 4) is 0 Å². The van der Waals surface area contributed by atoms with E-state index in [-0.39, 0.29) is 0 Å². The van der Waals surface area contributed by atoms with Gasteiger partial charge >= 0.3 is 12.1 Å². The van der Waals surface area contributed by atoms with E-state index in [0.717, 1.165) is 0 Å². The first-order chi connectivity index (χ1) is 9.41. The Labute approximate surface area is 127 Å². The van der Waals surface area contributed by atoms with Gasteiger partial charge in [-0.1, -0.05) is 0 Å². The second-order valence-corrected chi connectivity index (χ2v) is 6.97. The van der Waals surface area contributed by atoms with E-state index in [1.165, 1.54) is 0 Å². The van der Waals surface area contributed by atoms with Gasteiger partial charge in [0.1, 0.15) is 11.2 Å². The van der Waals surface area contributed by atoms with Gasteiger partial charge in [-0.3, -0.25) is 0 Å². The maximum atomic E-state index is 11.5. The molecule has 2 N–H and O–H groups in total. The van der Waals surface area contributed by atoms with Crippen molar-refractivity contribution in [1.29, 1.82) is 0 Å². The summed E-state index contributed by atoms with van der Waals surface area (Å²) in [5.41, 5.74) is -1.12. The SMILES string of the molecule is CC(C)(C)OC(=O)NCCCC[C@H](O)C(=O)OC(C)(C)C. The first kappa shape index (κ1) is 19.7. The van der Waals surface area contributed by atoms with Crippen LogP contribution in [0.2, 0.25) is 0 Å². The molecule has 0 aliphatic heterocycles. The first-order valence-electron chi connectivity index (χ1n) is 7.28. The summed E-state index contributed by atoms with van der Waals surface area (Å²) < 4.78 is 10.2. The van der Waals surface area contributed by atoms with Crippen LogP contribution >= 0.6 is 0 Å². The molecule has 0 aromatic carbocycles. The molecule has 1 atom stereocenters. The number of hydrogen-bond donors (Lipinski definition) is 2. The van der Waals surface area contributed by atoms with Crippen molar-refractivity contribution < 1.29 is 24.2 Å². The number of carbonyl (C=O) groups is 2. The standard InChI is InChI=1S/C15H29NO5/c1-14(2,3)20-12(18)11(17)9-7-8-10-16-13(19)21-15(4,5)6/h11,17H,7-10H2,1-6H3,(H,16,19)/t11-/m0/s1. The molecule has 0 aromatic rings. The number of nitrogens with one attached hydrogen (secondary N) is 1. The van der Waals surface area contributed by atoms with Gasteiger partial charge in [0, 0.05) is 6.54 Å². The second-order valence-electron chi connectivity index (χ2n) is 6.97. The Kier molecular flexibility index (Phi) is 7.71. The van der Waals surface area contributed by atoms with Crippen LogP contribution in [0.1, 0.15) is 60.8 Å². The minimum atomic E-state index is -1.12. The van der Waals surface area contributed by atoms with Gasteiger partial charge in [0.05, 0.1) is 0 Å². The summed E-state index contributed by atoms with van der Waals surface area (Å²) in [5, 5.41) is 12.3. The van der Waals surface area contributed by atoms with Crippen LogP contribution in [0, 0.1) is 0 Å². The highest BCUT2D eigenvalue weighted by Crippen LogP contribution is 2.11. The summed E-state index contributed by atoms with van der Waals surface area (Å²) in [6.45, 7) is 11.1. The third kappa shape index (κ3) is 12.2. The molecule has 0 unspecified atom stereocenters. The van der Waals surface area contributed by atoms with E-state index < -0.39 is 29.4 Å². The lowest BCUT2D eigenvalue weighted by atomic mass is 10.1. The van der Waals surface area contributed by atoms with Crippen molar-refractivity contribution in [3.63, 3.8) is 0 Å². The molecule has 0 heterocycles. The van der Waals surface area contributed by atoms with Crippen molar-refractivity contribution >= 4 is 12.1 Å². The fourth-order valence-corrected chi connectivity index (χ4v) is 1.45. The zero-order valence-corrected chi connectivity index (χ0v) is 14.0. The van der Waals surface area contributed by atoms with E-state index in [1.807, 2.05) is 0 Å². The van der Waals surface area contributed by atoms with Gasteiger partial charge in [-0.05, 0) is 60.8 Å². The number of aliphatic hydroxyl groups excluding tert-OH is 1. The van der Waals surface area contributed by atoms with Gasteiger partial charge in [0.15, 0.2) is 6.10 Å². The topological polar surface area (TPSA) is 84.9 Å². The lowest BCUT2D eigenvalue weighted by Gasteiger charge is -2.21. The predicted octanol–water partition coefficient (Wildman–Crippen LogP) is 2.38. The highest BCUT2D eigenvalue weighted by molar-refractivity contribution is 5.74. The second kappa shape index (κ2) is 8.22. The van der Waals surface area contributed by atoms with Crippen LogP contribution in [0.15, 0.2) is 0 Å². The third-order valence-corrected chi connectivity index (χ3v) is 2.25. The van der Waals surface area contributed by atoms with Crippen LogP contribution in [-0.4, -0.2) is 41.0 Å². The van der Waals surface area contributed by atoms with E-state index in [2.05, 4.69) is 5.32 Å². The molecule has 0 radical (unpaired) electrons. The third-order valence-electron chi connectivity index (χ3n) is 2.25. The molecule has 0 fully saturated rings. The fourth-order valence-electron chi connectivity index (χ4n) is 1.45. The monoisotopic (exact) mass is 303 g/mol. The van der Waals surface area contributed by atoms with Gasteiger partial charge in [0.2, 0.25) is 0 Å². The summed E-state index contributed by atoms with van der Waals surface area (Å²) in [5.74, 6) is -0.609. The van der Waals surface area contributed by atoms with E-state index in [9.17, 15) is 14.7 Å². The molecule has 0 saturated heterocycles. The summed E-state index contributed by atoms with van der Waals surface area (Å²) in [7, 11) is 0. The number of esters is 1. The number of ether oxygens (including phenoxy) is 2. The van der Waals surface area contributed by atoms with Crippen LogP contribution in [0.3, 0.4) is 0 Å². The molecule has 0 bridgehead atoms. The van der Waals surface area contributed by atoms with E-state index in [0.29, 0.717) is 25.8 Å². The predicted molar refractivity (Wildman–Crippen MR) is 79.9 cm³/mol. The van der Waals surface area contributed by atoms with Crippen molar-refractivity contribution in [1.82, 2.24) is 5.32 Å². The summed E-state index contributed by atoms with van der Waals surface area (Å²) in [6.07, 6.45) is -0.0128. The highest BCUT2D eigenvalue weighted by atomic mass is 16.6. The number of aliphatic hydroxyl groups is 1. The maximum Gasteiger partial charge on any atom is 0.407 e. The Balaban J connectivity index is 3.76. The van der Waals surface area contributed by atoms with Crippen LogP contribution < -0.4 is 5.32 Å². The molecule has 0 saturated carbocycles. The average Bonchev–Trinajstić information content (AvgIpc) is 2.23. The molecular formula is C15H29NO5. The van der Waals surface area contributed by atoms with Gasteiger partial charge in [-0.2, -0.15) is 0 Å². The Hall–Kier alpha value is -1.30. The minimum Gasteiger partial charge on any atom is -0.458 e. The molecule has 21 heavy (non-hydrogen) atoms. The Morgan fingerprint density at radius 3 is 2.00 bits per heavy atom. The lowest BCUT2D eigenvalue weighted by molar-refractivity contribution is -0.165. The van der Waals surface area contributed by atoms with Gasteiger partial charge in [-0.15, -0.1) is 0 Å². The normalized spacial score (nSPS) is 13.5. The molecule has 0 rings (SSSR count). The number of amides is 1. The number of rotatable bonds is 6. The van der Waals surface area contributed by atoms with Crippen molar-refractivity contribution in [2.45, 2.75) is 78.1 Å².